The molecule has 0 fully saturated rings. The molecule has 0 aromatic rings. The molecule has 146 valence electrons. The Labute approximate surface area is 157 Å². The fraction of sp³-hybridized carbons (Fsp3) is 0.619. The lowest BCUT2D eigenvalue weighted by Crippen LogP contribution is -2.29. The molecule has 0 atom stereocenters. The normalized spacial score (nSPS) is 14.0. The van der Waals surface area contributed by atoms with Gasteiger partial charge >= 0.3 is 11.9 Å². The molecule has 0 amide bonds. The number of carbonyl (C=O) groups is 2. The second-order valence-electron chi connectivity index (χ2n) is 6.63. The Morgan fingerprint density at radius 3 is 2.27 bits per heavy atom. The van der Waals surface area contributed by atoms with Crippen molar-refractivity contribution in [2.24, 2.45) is 0 Å². The summed E-state index contributed by atoms with van der Waals surface area (Å²) >= 11 is 0. The summed E-state index contributed by atoms with van der Waals surface area (Å²) in [7, 11) is 0. The van der Waals surface area contributed by atoms with Gasteiger partial charge in [0.1, 0.15) is 6.61 Å². The number of allylic oxidation sites excluding steroid dienone is 1. The van der Waals surface area contributed by atoms with Crippen LogP contribution in [0.15, 0.2) is 35.6 Å². The predicted molar refractivity (Wildman–Crippen MR) is 104 cm³/mol. The van der Waals surface area contributed by atoms with Crippen LogP contribution in [-0.4, -0.2) is 41.6 Å². The molecule has 0 saturated heterocycles. The standard InChI is InChI=1S/C21H33NO4/c1-4-7-9-13-22(14-10-8-5-2)19-16-17(21(25)26-15-6-3)11-12-18(19)20(23)24/h6,16H,3-5,7-15H2,1-2H3,(H,23,24). The van der Waals surface area contributed by atoms with E-state index in [0.717, 1.165) is 51.6 Å². The maximum atomic E-state index is 12.2. The minimum absolute atomic E-state index is 0.164. The first-order valence-electron chi connectivity index (χ1n) is 9.75. The second-order valence-corrected chi connectivity index (χ2v) is 6.63. The van der Waals surface area contributed by atoms with E-state index in [1.54, 1.807) is 6.08 Å². The van der Waals surface area contributed by atoms with Crippen LogP contribution in [-0.2, 0) is 14.3 Å². The van der Waals surface area contributed by atoms with E-state index in [-0.39, 0.29) is 12.6 Å². The van der Waals surface area contributed by atoms with Crippen molar-refractivity contribution in [1.29, 1.82) is 0 Å². The van der Waals surface area contributed by atoms with Gasteiger partial charge in [0, 0.05) is 24.4 Å². The van der Waals surface area contributed by atoms with Crippen LogP contribution in [0.5, 0.6) is 0 Å². The lowest BCUT2D eigenvalue weighted by Gasteiger charge is -2.30. The van der Waals surface area contributed by atoms with E-state index >= 15 is 0 Å². The van der Waals surface area contributed by atoms with E-state index < -0.39 is 5.97 Å². The molecule has 0 spiro atoms. The van der Waals surface area contributed by atoms with Crippen LogP contribution in [0.3, 0.4) is 0 Å². The van der Waals surface area contributed by atoms with Crippen molar-refractivity contribution >= 4 is 11.9 Å². The molecule has 0 aliphatic heterocycles. The highest BCUT2D eigenvalue weighted by atomic mass is 16.5. The zero-order valence-electron chi connectivity index (χ0n) is 16.3. The van der Waals surface area contributed by atoms with E-state index in [1.807, 2.05) is 0 Å². The SMILES string of the molecule is C=CCOC(=O)C1=CC(N(CCCCC)CCCCC)=C(C(=O)O)CC1. The lowest BCUT2D eigenvalue weighted by atomic mass is 9.94. The Bertz CT molecular complexity index is 538. The molecule has 1 aliphatic carbocycles. The van der Waals surface area contributed by atoms with Crippen LogP contribution in [0.25, 0.3) is 0 Å². The average Bonchev–Trinajstić information content (AvgIpc) is 2.64. The second kappa shape index (κ2) is 12.3. The van der Waals surface area contributed by atoms with Crippen molar-refractivity contribution in [3.63, 3.8) is 0 Å². The summed E-state index contributed by atoms with van der Waals surface area (Å²) in [6.07, 6.45) is 10.5. The van der Waals surface area contributed by atoms with Gasteiger partial charge in [-0.1, -0.05) is 52.2 Å². The fourth-order valence-electron chi connectivity index (χ4n) is 3.06. The average molecular weight is 363 g/mol. The Kier molecular flexibility index (Phi) is 10.4. The molecule has 0 radical (unpaired) electrons. The van der Waals surface area contributed by atoms with Crippen LogP contribution in [0.4, 0.5) is 0 Å². The predicted octanol–water partition coefficient (Wildman–Crippen LogP) is 4.46. The molecule has 0 bridgehead atoms. The van der Waals surface area contributed by atoms with Gasteiger partial charge in [0.25, 0.3) is 0 Å². The number of unbranched alkanes of at least 4 members (excludes halogenated alkanes) is 4. The topological polar surface area (TPSA) is 66.8 Å². The monoisotopic (exact) mass is 363 g/mol. The molecular weight excluding hydrogens is 330 g/mol. The highest BCUT2D eigenvalue weighted by Gasteiger charge is 2.25. The van der Waals surface area contributed by atoms with E-state index in [0.29, 0.717) is 29.7 Å². The number of esters is 1. The van der Waals surface area contributed by atoms with Crippen molar-refractivity contribution in [3.8, 4) is 0 Å². The zero-order chi connectivity index (χ0) is 19.4. The quantitative estimate of drug-likeness (QED) is 0.297. The minimum Gasteiger partial charge on any atom is -0.478 e. The van der Waals surface area contributed by atoms with Crippen molar-refractivity contribution in [2.75, 3.05) is 19.7 Å². The number of hydrogen-bond donors (Lipinski definition) is 1. The van der Waals surface area contributed by atoms with Gasteiger partial charge in [0.2, 0.25) is 0 Å². The number of rotatable bonds is 13. The van der Waals surface area contributed by atoms with E-state index in [1.165, 1.54) is 6.08 Å². The first-order chi connectivity index (χ1) is 12.5. The maximum Gasteiger partial charge on any atom is 0.334 e. The highest BCUT2D eigenvalue weighted by Crippen LogP contribution is 2.28. The molecule has 0 unspecified atom stereocenters. The van der Waals surface area contributed by atoms with Gasteiger partial charge in [-0.2, -0.15) is 0 Å². The largest absolute Gasteiger partial charge is 0.478 e. The Morgan fingerprint density at radius 2 is 1.77 bits per heavy atom. The molecule has 26 heavy (non-hydrogen) atoms. The molecule has 5 nitrogen and oxygen atoms in total. The number of hydrogen-bond acceptors (Lipinski definition) is 4. The summed E-state index contributed by atoms with van der Waals surface area (Å²) in [4.78, 5) is 26.1. The summed E-state index contributed by atoms with van der Waals surface area (Å²) in [6, 6.07) is 0. The van der Waals surface area contributed by atoms with Crippen molar-refractivity contribution in [1.82, 2.24) is 4.90 Å². The van der Waals surface area contributed by atoms with Crippen molar-refractivity contribution in [2.45, 2.75) is 65.2 Å². The third kappa shape index (κ3) is 7.06. The van der Waals surface area contributed by atoms with Crippen LogP contribution in [0, 0.1) is 0 Å². The number of carboxylic acids is 1. The highest BCUT2D eigenvalue weighted by molar-refractivity contribution is 5.93. The molecular formula is C21H33NO4. The molecule has 1 N–H and O–H groups in total. The number of aliphatic carboxylic acids is 1. The van der Waals surface area contributed by atoms with Gasteiger partial charge < -0.3 is 14.7 Å². The zero-order valence-corrected chi connectivity index (χ0v) is 16.3. The Balaban J connectivity index is 3.06. The first kappa shape index (κ1) is 22.0. The van der Waals surface area contributed by atoms with Gasteiger partial charge in [0.15, 0.2) is 0 Å². The summed E-state index contributed by atoms with van der Waals surface area (Å²) in [5.74, 6) is -1.28. The Morgan fingerprint density at radius 1 is 1.15 bits per heavy atom. The molecule has 0 saturated carbocycles. The number of carbonyl (C=O) groups excluding carboxylic acids is 1. The van der Waals surface area contributed by atoms with Gasteiger partial charge in [-0.3, -0.25) is 0 Å². The van der Waals surface area contributed by atoms with E-state index in [9.17, 15) is 14.7 Å². The third-order valence-electron chi connectivity index (χ3n) is 4.52. The third-order valence-corrected chi connectivity index (χ3v) is 4.52. The summed E-state index contributed by atoms with van der Waals surface area (Å²) in [6.45, 7) is 9.64. The number of nitrogens with zero attached hydrogens (tertiary/aromatic N) is 1. The van der Waals surface area contributed by atoms with E-state index in [4.69, 9.17) is 4.74 Å². The smallest absolute Gasteiger partial charge is 0.334 e. The van der Waals surface area contributed by atoms with Crippen LogP contribution < -0.4 is 0 Å². The summed E-state index contributed by atoms with van der Waals surface area (Å²) in [5.41, 5.74) is 1.63. The van der Waals surface area contributed by atoms with Crippen LogP contribution in [0.1, 0.15) is 65.2 Å². The fourth-order valence-corrected chi connectivity index (χ4v) is 3.06. The molecule has 5 heteroatoms. The summed E-state index contributed by atoms with van der Waals surface area (Å²) < 4.78 is 5.14. The molecule has 1 rings (SSSR count). The Hall–Kier alpha value is -2.04. The molecule has 1 aliphatic rings. The van der Waals surface area contributed by atoms with Gasteiger partial charge in [0.05, 0.1) is 5.57 Å². The van der Waals surface area contributed by atoms with Crippen LogP contribution in [0.2, 0.25) is 0 Å². The lowest BCUT2D eigenvalue weighted by molar-refractivity contribution is -0.138. The van der Waals surface area contributed by atoms with Gasteiger partial charge in [-0.25, -0.2) is 9.59 Å². The van der Waals surface area contributed by atoms with Gasteiger partial charge in [-0.15, -0.1) is 0 Å². The van der Waals surface area contributed by atoms with Crippen molar-refractivity contribution in [3.05, 3.63) is 35.6 Å². The van der Waals surface area contributed by atoms with Crippen molar-refractivity contribution < 1.29 is 19.4 Å². The molecule has 0 heterocycles. The number of carboxylic acid groups (broad SMARTS) is 1. The van der Waals surface area contributed by atoms with E-state index in [2.05, 4.69) is 25.3 Å². The molecule has 0 aromatic carbocycles. The summed E-state index contributed by atoms with van der Waals surface area (Å²) in [5, 5.41) is 9.62. The van der Waals surface area contributed by atoms with Crippen LogP contribution >= 0.6 is 0 Å². The minimum atomic E-state index is -0.897. The molecule has 0 aromatic heterocycles. The maximum absolute atomic E-state index is 12.2. The number of ether oxygens (including phenoxy) is 1. The first-order valence-corrected chi connectivity index (χ1v) is 9.75. The van der Waals surface area contributed by atoms with Gasteiger partial charge in [-0.05, 0) is 31.8 Å².